The van der Waals surface area contributed by atoms with Crippen LogP contribution in [-0.4, -0.2) is 38.8 Å². The zero-order chi connectivity index (χ0) is 21.1. The topological polar surface area (TPSA) is 107 Å². The number of aryl methyl sites for hydroxylation is 1. The van der Waals surface area contributed by atoms with E-state index in [0.717, 1.165) is 11.0 Å². The standard InChI is InChI=1S/C18H18ClFN2O5S/c1-11-6-7-12(28(21,25)26)8-13(11)18(24)27-10-17(23)22(2)9-14-15(19)4-3-5-16(14)20/h3-8H,9-10H2,1-2H3,(H2,21,25,26). The zero-order valence-electron chi connectivity index (χ0n) is 15.1. The molecule has 0 aromatic heterocycles. The van der Waals surface area contributed by atoms with Crippen LogP contribution in [0.4, 0.5) is 4.39 Å². The van der Waals surface area contributed by atoms with Crippen molar-refractivity contribution in [2.24, 2.45) is 5.14 Å². The minimum Gasteiger partial charge on any atom is -0.452 e. The number of carbonyl (C=O) groups is 2. The highest BCUT2D eigenvalue weighted by Gasteiger charge is 2.19. The predicted molar refractivity (Wildman–Crippen MR) is 101 cm³/mol. The molecule has 10 heteroatoms. The van der Waals surface area contributed by atoms with Crippen molar-refractivity contribution in [1.82, 2.24) is 4.90 Å². The van der Waals surface area contributed by atoms with Gasteiger partial charge in [0.2, 0.25) is 10.0 Å². The van der Waals surface area contributed by atoms with Gasteiger partial charge in [-0.1, -0.05) is 23.7 Å². The van der Waals surface area contributed by atoms with Crippen LogP contribution in [0.25, 0.3) is 0 Å². The maximum Gasteiger partial charge on any atom is 0.338 e. The molecule has 0 heterocycles. The number of primary sulfonamides is 1. The molecule has 2 aromatic rings. The first-order valence-electron chi connectivity index (χ1n) is 7.98. The quantitative estimate of drug-likeness (QED) is 0.710. The first kappa shape index (κ1) is 21.8. The molecule has 0 fully saturated rings. The van der Waals surface area contributed by atoms with Crippen LogP contribution in [0.2, 0.25) is 5.02 Å². The molecule has 0 aliphatic heterocycles. The molecule has 2 N–H and O–H groups in total. The first-order chi connectivity index (χ1) is 13.0. The van der Waals surface area contributed by atoms with Crippen molar-refractivity contribution in [1.29, 1.82) is 0 Å². The maximum absolute atomic E-state index is 13.8. The van der Waals surface area contributed by atoms with Gasteiger partial charge in [-0.25, -0.2) is 22.7 Å². The lowest BCUT2D eigenvalue weighted by Gasteiger charge is -2.18. The molecule has 0 saturated heterocycles. The number of nitrogens with two attached hydrogens (primary N) is 1. The van der Waals surface area contributed by atoms with Gasteiger partial charge < -0.3 is 9.64 Å². The van der Waals surface area contributed by atoms with Crippen LogP contribution >= 0.6 is 11.6 Å². The van der Waals surface area contributed by atoms with Crippen molar-refractivity contribution in [2.45, 2.75) is 18.4 Å². The number of nitrogens with zero attached hydrogens (tertiary/aromatic N) is 1. The van der Waals surface area contributed by atoms with Crippen molar-refractivity contribution >= 4 is 33.5 Å². The highest BCUT2D eigenvalue weighted by atomic mass is 35.5. The zero-order valence-corrected chi connectivity index (χ0v) is 16.7. The summed E-state index contributed by atoms with van der Waals surface area (Å²) in [4.78, 5) is 25.3. The van der Waals surface area contributed by atoms with E-state index in [1.165, 1.54) is 37.4 Å². The maximum atomic E-state index is 13.8. The number of esters is 1. The summed E-state index contributed by atoms with van der Waals surface area (Å²) in [5, 5.41) is 5.23. The highest BCUT2D eigenvalue weighted by molar-refractivity contribution is 7.89. The first-order valence-corrected chi connectivity index (χ1v) is 9.90. The lowest BCUT2D eigenvalue weighted by molar-refractivity contribution is -0.133. The average molecular weight is 429 g/mol. The lowest BCUT2D eigenvalue weighted by Crippen LogP contribution is -2.31. The van der Waals surface area contributed by atoms with Crippen molar-refractivity contribution in [3.8, 4) is 0 Å². The van der Waals surface area contributed by atoms with E-state index in [-0.39, 0.29) is 27.6 Å². The Morgan fingerprint density at radius 2 is 1.93 bits per heavy atom. The number of hydrogen-bond donors (Lipinski definition) is 1. The molecule has 0 saturated carbocycles. The highest BCUT2D eigenvalue weighted by Crippen LogP contribution is 2.20. The van der Waals surface area contributed by atoms with Crippen molar-refractivity contribution < 1.29 is 27.1 Å². The fourth-order valence-corrected chi connectivity index (χ4v) is 3.08. The molecule has 0 aliphatic carbocycles. The van der Waals surface area contributed by atoms with Gasteiger partial charge in [-0.05, 0) is 36.8 Å². The summed E-state index contributed by atoms with van der Waals surface area (Å²) >= 11 is 5.93. The summed E-state index contributed by atoms with van der Waals surface area (Å²) in [6.07, 6.45) is 0. The summed E-state index contributed by atoms with van der Waals surface area (Å²) in [5.74, 6) is -2.03. The number of halogens is 2. The Hall–Kier alpha value is -2.49. The van der Waals surface area contributed by atoms with Crippen LogP contribution < -0.4 is 5.14 Å². The molecule has 1 amide bonds. The van der Waals surface area contributed by atoms with E-state index in [4.69, 9.17) is 21.5 Å². The van der Waals surface area contributed by atoms with Gasteiger partial charge in [0.25, 0.3) is 5.91 Å². The number of hydrogen-bond acceptors (Lipinski definition) is 5. The molecule has 0 unspecified atom stereocenters. The number of carbonyl (C=O) groups excluding carboxylic acids is 2. The van der Waals surface area contributed by atoms with Gasteiger partial charge in [0.15, 0.2) is 6.61 Å². The number of benzene rings is 2. The molecule has 0 radical (unpaired) electrons. The minimum absolute atomic E-state index is 0.0286. The van der Waals surface area contributed by atoms with Crippen LogP contribution in [-0.2, 0) is 26.1 Å². The van der Waals surface area contributed by atoms with Gasteiger partial charge in [-0.2, -0.15) is 0 Å². The predicted octanol–water partition coefficient (Wildman–Crippen LogP) is 2.25. The molecule has 150 valence electrons. The fourth-order valence-electron chi connectivity index (χ4n) is 2.32. The van der Waals surface area contributed by atoms with Gasteiger partial charge in [0.05, 0.1) is 10.5 Å². The Morgan fingerprint density at radius 1 is 1.25 bits per heavy atom. The van der Waals surface area contributed by atoms with E-state index in [2.05, 4.69) is 0 Å². The third-order valence-electron chi connectivity index (χ3n) is 3.97. The van der Waals surface area contributed by atoms with Crippen molar-refractivity contribution in [3.63, 3.8) is 0 Å². The second-order valence-corrected chi connectivity index (χ2v) is 8.02. The Bertz CT molecular complexity index is 1010. The molecular weight excluding hydrogens is 411 g/mol. The number of likely N-dealkylation sites (N-methyl/N-ethyl adjacent to an activating group) is 1. The second-order valence-electron chi connectivity index (χ2n) is 6.05. The number of ether oxygens (including phenoxy) is 1. The van der Waals surface area contributed by atoms with E-state index in [1.54, 1.807) is 6.92 Å². The molecule has 2 rings (SSSR count). The molecule has 0 atom stereocenters. The molecule has 0 aliphatic rings. The monoisotopic (exact) mass is 428 g/mol. The fraction of sp³-hybridized carbons (Fsp3) is 0.222. The van der Waals surface area contributed by atoms with E-state index in [1.807, 2.05) is 0 Å². The third kappa shape index (κ3) is 5.28. The summed E-state index contributed by atoms with van der Waals surface area (Å²) < 4.78 is 41.6. The molecule has 7 nitrogen and oxygen atoms in total. The van der Waals surface area contributed by atoms with Gasteiger partial charge in [-0.15, -0.1) is 0 Å². The summed E-state index contributed by atoms with van der Waals surface area (Å²) in [5.41, 5.74) is 0.568. The molecule has 28 heavy (non-hydrogen) atoms. The summed E-state index contributed by atoms with van der Waals surface area (Å²) in [7, 11) is -2.59. The van der Waals surface area contributed by atoms with E-state index < -0.39 is 34.3 Å². The Labute approximate surface area is 166 Å². The third-order valence-corrected chi connectivity index (χ3v) is 5.23. The van der Waals surface area contributed by atoms with Crippen LogP contribution in [0, 0.1) is 12.7 Å². The van der Waals surface area contributed by atoms with Crippen LogP contribution in [0.3, 0.4) is 0 Å². The number of amides is 1. The average Bonchev–Trinajstić information content (AvgIpc) is 2.61. The summed E-state index contributed by atoms with van der Waals surface area (Å²) in [6.45, 7) is 0.861. The van der Waals surface area contributed by atoms with E-state index in [0.29, 0.717) is 5.56 Å². The molecule has 0 spiro atoms. The normalized spacial score (nSPS) is 11.2. The van der Waals surface area contributed by atoms with E-state index >= 15 is 0 Å². The Balaban J connectivity index is 2.05. The van der Waals surface area contributed by atoms with Gasteiger partial charge in [-0.3, -0.25) is 4.79 Å². The van der Waals surface area contributed by atoms with Crippen molar-refractivity contribution in [3.05, 3.63) is 63.9 Å². The van der Waals surface area contributed by atoms with Gasteiger partial charge >= 0.3 is 5.97 Å². The Morgan fingerprint density at radius 3 is 2.54 bits per heavy atom. The lowest BCUT2D eigenvalue weighted by atomic mass is 10.1. The summed E-state index contributed by atoms with van der Waals surface area (Å²) in [6, 6.07) is 7.92. The van der Waals surface area contributed by atoms with Crippen LogP contribution in [0.1, 0.15) is 21.5 Å². The van der Waals surface area contributed by atoms with Crippen LogP contribution in [0.15, 0.2) is 41.3 Å². The van der Waals surface area contributed by atoms with Gasteiger partial charge in [0.1, 0.15) is 5.82 Å². The SMILES string of the molecule is Cc1ccc(S(N)(=O)=O)cc1C(=O)OCC(=O)N(C)Cc1c(F)cccc1Cl. The molecule has 0 bridgehead atoms. The number of rotatable bonds is 6. The molecular formula is C18H18ClFN2O5S. The Kier molecular flexibility index (Phi) is 6.76. The van der Waals surface area contributed by atoms with E-state index in [9.17, 15) is 22.4 Å². The largest absolute Gasteiger partial charge is 0.452 e. The van der Waals surface area contributed by atoms with Crippen LogP contribution in [0.5, 0.6) is 0 Å². The second kappa shape index (κ2) is 8.68. The minimum atomic E-state index is -3.99. The smallest absolute Gasteiger partial charge is 0.338 e. The van der Waals surface area contributed by atoms with Crippen molar-refractivity contribution in [2.75, 3.05) is 13.7 Å². The molecule has 2 aromatic carbocycles. The van der Waals surface area contributed by atoms with Gasteiger partial charge in [0, 0.05) is 24.2 Å². The number of sulfonamides is 1.